The standard InChI is InChI=1S/C17H18N2/c1-11-12(2)19-17(10-16(11)18)15-8-7-13-5-3-4-6-14(13)9-15/h3-6,9-10H,7-8H2,1-2H3,(H2,18,19). The third kappa shape index (κ3) is 2.14. The Morgan fingerprint density at radius 2 is 1.89 bits per heavy atom. The summed E-state index contributed by atoms with van der Waals surface area (Å²) >= 11 is 0. The van der Waals surface area contributed by atoms with Gasteiger partial charge in [-0.15, -0.1) is 0 Å². The first kappa shape index (κ1) is 12.0. The number of anilines is 1. The van der Waals surface area contributed by atoms with Gasteiger partial charge >= 0.3 is 0 Å². The molecule has 2 nitrogen and oxygen atoms in total. The van der Waals surface area contributed by atoms with Gasteiger partial charge in [-0.1, -0.05) is 24.3 Å². The van der Waals surface area contributed by atoms with Crippen molar-refractivity contribution in [1.82, 2.24) is 4.98 Å². The number of hydrogen-bond acceptors (Lipinski definition) is 2. The molecule has 0 radical (unpaired) electrons. The number of hydrogen-bond donors (Lipinski definition) is 1. The SMILES string of the molecule is Cc1nc(C2=Cc3ccccc3CC2)cc(N)c1C. The number of fused-ring (bicyclic) bond motifs is 1. The van der Waals surface area contributed by atoms with E-state index in [0.717, 1.165) is 35.5 Å². The molecule has 0 amide bonds. The lowest BCUT2D eigenvalue weighted by Crippen LogP contribution is -2.03. The molecule has 96 valence electrons. The third-order valence-corrected chi connectivity index (χ3v) is 3.93. The van der Waals surface area contributed by atoms with Gasteiger partial charge in [0, 0.05) is 11.4 Å². The van der Waals surface area contributed by atoms with Crippen LogP contribution in [0.4, 0.5) is 5.69 Å². The molecule has 0 spiro atoms. The van der Waals surface area contributed by atoms with Gasteiger partial charge in [-0.3, -0.25) is 4.98 Å². The molecule has 0 saturated heterocycles. The highest BCUT2D eigenvalue weighted by Gasteiger charge is 2.13. The Morgan fingerprint density at radius 1 is 1.11 bits per heavy atom. The maximum Gasteiger partial charge on any atom is 0.0685 e. The number of rotatable bonds is 1. The summed E-state index contributed by atoms with van der Waals surface area (Å²) in [5.74, 6) is 0. The van der Waals surface area contributed by atoms with E-state index in [2.05, 4.69) is 35.3 Å². The van der Waals surface area contributed by atoms with Crippen molar-refractivity contribution in [3.8, 4) is 0 Å². The van der Waals surface area contributed by atoms with E-state index in [1.54, 1.807) is 0 Å². The summed E-state index contributed by atoms with van der Waals surface area (Å²) in [6.07, 6.45) is 4.36. The molecule has 0 fully saturated rings. The van der Waals surface area contributed by atoms with Crippen LogP contribution in [0.25, 0.3) is 11.6 Å². The topological polar surface area (TPSA) is 38.9 Å². The normalized spacial score (nSPS) is 13.9. The molecule has 0 saturated carbocycles. The Labute approximate surface area is 114 Å². The van der Waals surface area contributed by atoms with E-state index in [4.69, 9.17) is 5.73 Å². The van der Waals surface area contributed by atoms with Gasteiger partial charge < -0.3 is 5.73 Å². The Hall–Kier alpha value is -2.09. The second-order valence-electron chi connectivity index (χ2n) is 5.18. The zero-order valence-electron chi connectivity index (χ0n) is 11.4. The molecule has 0 unspecified atom stereocenters. The van der Waals surface area contributed by atoms with Crippen LogP contribution in [0, 0.1) is 13.8 Å². The van der Waals surface area contributed by atoms with Crippen LogP contribution in [0.1, 0.15) is 34.5 Å². The van der Waals surface area contributed by atoms with Gasteiger partial charge in [-0.05, 0) is 61.1 Å². The largest absolute Gasteiger partial charge is 0.398 e. The lowest BCUT2D eigenvalue weighted by molar-refractivity contribution is 0.985. The van der Waals surface area contributed by atoms with Gasteiger partial charge in [-0.2, -0.15) is 0 Å². The van der Waals surface area contributed by atoms with Gasteiger partial charge in [0.2, 0.25) is 0 Å². The minimum Gasteiger partial charge on any atom is -0.398 e. The van der Waals surface area contributed by atoms with Gasteiger partial charge in [0.1, 0.15) is 0 Å². The molecule has 1 aliphatic rings. The molecule has 3 rings (SSSR count). The molecule has 0 bridgehead atoms. The highest BCUT2D eigenvalue weighted by molar-refractivity contribution is 5.84. The first-order valence-corrected chi connectivity index (χ1v) is 6.68. The summed E-state index contributed by atoms with van der Waals surface area (Å²) in [6.45, 7) is 4.04. The number of aromatic nitrogens is 1. The number of aryl methyl sites for hydroxylation is 2. The van der Waals surface area contributed by atoms with Crippen LogP contribution in [0.3, 0.4) is 0 Å². The maximum absolute atomic E-state index is 6.06. The summed E-state index contributed by atoms with van der Waals surface area (Å²) in [5, 5.41) is 0. The van der Waals surface area contributed by atoms with Crippen LogP contribution < -0.4 is 5.73 Å². The molecule has 2 heteroatoms. The summed E-state index contributed by atoms with van der Waals surface area (Å²) in [5.41, 5.74) is 14.0. The number of nitrogens with two attached hydrogens (primary N) is 1. The fourth-order valence-electron chi connectivity index (χ4n) is 2.56. The highest BCUT2D eigenvalue weighted by atomic mass is 14.7. The Balaban J connectivity index is 2.07. The van der Waals surface area contributed by atoms with Crippen LogP contribution in [0.15, 0.2) is 30.3 Å². The van der Waals surface area contributed by atoms with Crippen molar-refractivity contribution in [1.29, 1.82) is 0 Å². The summed E-state index contributed by atoms with van der Waals surface area (Å²) < 4.78 is 0. The molecular weight excluding hydrogens is 232 g/mol. The van der Waals surface area contributed by atoms with Crippen LogP contribution in [0.2, 0.25) is 0 Å². The molecule has 19 heavy (non-hydrogen) atoms. The average molecular weight is 250 g/mol. The van der Waals surface area contributed by atoms with Crippen LogP contribution in [-0.4, -0.2) is 4.98 Å². The molecule has 1 aliphatic carbocycles. The van der Waals surface area contributed by atoms with Crippen molar-refractivity contribution in [2.45, 2.75) is 26.7 Å². The molecule has 1 aromatic heterocycles. The van der Waals surface area contributed by atoms with E-state index in [1.807, 2.05) is 19.9 Å². The van der Waals surface area contributed by atoms with Crippen molar-refractivity contribution in [2.75, 3.05) is 5.73 Å². The zero-order valence-corrected chi connectivity index (χ0v) is 11.4. The Bertz CT molecular complexity index is 646. The van der Waals surface area contributed by atoms with Crippen LogP contribution >= 0.6 is 0 Å². The van der Waals surface area contributed by atoms with E-state index >= 15 is 0 Å². The second kappa shape index (κ2) is 4.54. The summed E-state index contributed by atoms with van der Waals surface area (Å²) in [4.78, 5) is 4.68. The number of pyridine rings is 1. The first-order chi connectivity index (χ1) is 9.15. The zero-order chi connectivity index (χ0) is 13.4. The number of nitrogens with zero attached hydrogens (tertiary/aromatic N) is 1. The van der Waals surface area contributed by atoms with E-state index in [0.29, 0.717) is 0 Å². The summed E-state index contributed by atoms with van der Waals surface area (Å²) in [7, 11) is 0. The minimum absolute atomic E-state index is 0.835. The lowest BCUT2D eigenvalue weighted by atomic mass is 9.90. The van der Waals surface area contributed by atoms with Crippen LogP contribution in [0.5, 0.6) is 0 Å². The van der Waals surface area contributed by atoms with Crippen molar-refractivity contribution in [3.63, 3.8) is 0 Å². The van der Waals surface area contributed by atoms with Crippen LogP contribution in [-0.2, 0) is 6.42 Å². The highest BCUT2D eigenvalue weighted by Crippen LogP contribution is 2.30. The molecule has 1 aromatic carbocycles. The second-order valence-corrected chi connectivity index (χ2v) is 5.18. The fraction of sp³-hybridized carbons (Fsp3) is 0.235. The Kier molecular flexibility index (Phi) is 2.86. The molecule has 2 aromatic rings. The van der Waals surface area contributed by atoms with Crippen molar-refractivity contribution >= 4 is 17.3 Å². The van der Waals surface area contributed by atoms with Crippen molar-refractivity contribution < 1.29 is 0 Å². The molecule has 0 aliphatic heterocycles. The number of allylic oxidation sites excluding steroid dienone is 1. The maximum atomic E-state index is 6.06. The first-order valence-electron chi connectivity index (χ1n) is 6.68. The average Bonchev–Trinajstić information content (AvgIpc) is 2.43. The molecule has 0 atom stereocenters. The molecular formula is C17H18N2. The number of nitrogen functional groups attached to an aromatic ring is 1. The lowest BCUT2D eigenvalue weighted by Gasteiger charge is -2.17. The molecule has 1 heterocycles. The third-order valence-electron chi connectivity index (χ3n) is 3.93. The fourth-order valence-corrected chi connectivity index (χ4v) is 2.56. The van der Waals surface area contributed by atoms with E-state index in [1.165, 1.54) is 16.7 Å². The van der Waals surface area contributed by atoms with Crippen molar-refractivity contribution in [2.24, 2.45) is 0 Å². The quantitative estimate of drug-likeness (QED) is 0.836. The van der Waals surface area contributed by atoms with Gasteiger partial charge in [-0.25, -0.2) is 0 Å². The Morgan fingerprint density at radius 3 is 2.68 bits per heavy atom. The van der Waals surface area contributed by atoms with E-state index in [-0.39, 0.29) is 0 Å². The minimum atomic E-state index is 0.835. The predicted octanol–water partition coefficient (Wildman–Crippen LogP) is 3.77. The summed E-state index contributed by atoms with van der Waals surface area (Å²) in [6, 6.07) is 10.6. The predicted molar refractivity (Wildman–Crippen MR) is 80.8 cm³/mol. The van der Waals surface area contributed by atoms with E-state index < -0.39 is 0 Å². The number of benzene rings is 1. The van der Waals surface area contributed by atoms with Crippen molar-refractivity contribution in [3.05, 3.63) is 58.4 Å². The van der Waals surface area contributed by atoms with Gasteiger partial charge in [0.25, 0.3) is 0 Å². The van der Waals surface area contributed by atoms with E-state index in [9.17, 15) is 0 Å². The smallest absolute Gasteiger partial charge is 0.0685 e. The van der Waals surface area contributed by atoms with Gasteiger partial charge in [0.05, 0.1) is 5.69 Å². The van der Waals surface area contributed by atoms with Gasteiger partial charge in [0.15, 0.2) is 0 Å². The monoisotopic (exact) mass is 250 g/mol. The molecule has 2 N–H and O–H groups in total.